The van der Waals surface area contributed by atoms with Gasteiger partial charge in [0.25, 0.3) is 11.5 Å². The van der Waals surface area contributed by atoms with Crippen LogP contribution < -0.4 is 16.0 Å². The second-order valence-corrected chi connectivity index (χ2v) is 5.79. The number of nitrogens with zero attached hydrogens (tertiary/aromatic N) is 1. The van der Waals surface area contributed by atoms with Crippen LogP contribution in [0.2, 0.25) is 0 Å². The Morgan fingerprint density at radius 2 is 2.04 bits per heavy atom. The molecule has 0 saturated carbocycles. The first kappa shape index (κ1) is 16.0. The smallest absolute Gasteiger partial charge is 0.326 e. The Labute approximate surface area is 138 Å². The van der Waals surface area contributed by atoms with Gasteiger partial charge in [0.1, 0.15) is 11.4 Å². The second-order valence-electron chi connectivity index (χ2n) is 5.79. The number of rotatable bonds is 3. The van der Waals surface area contributed by atoms with Crippen LogP contribution in [0.3, 0.4) is 0 Å². The number of hydrogen-bond acceptors (Lipinski definition) is 4. The van der Waals surface area contributed by atoms with Gasteiger partial charge in [0.15, 0.2) is 0 Å². The molecule has 1 fully saturated rings. The third-order valence-electron chi connectivity index (χ3n) is 4.23. The maximum Gasteiger partial charge on any atom is 0.326 e. The lowest BCUT2D eigenvalue weighted by atomic mass is 9.94. The largest absolute Gasteiger partial charge is 0.497 e. The highest BCUT2D eigenvalue weighted by Gasteiger charge is 2.29. The number of piperidine rings is 1. The van der Waals surface area contributed by atoms with E-state index < -0.39 is 11.2 Å². The molecule has 0 bridgehead atoms. The van der Waals surface area contributed by atoms with Gasteiger partial charge in [0.05, 0.1) is 13.2 Å². The number of methoxy groups -OCH3 is 1. The number of amides is 1. The Morgan fingerprint density at radius 1 is 1.21 bits per heavy atom. The van der Waals surface area contributed by atoms with E-state index in [1.807, 2.05) is 24.3 Å². The molecule has 1 amide bonds. The maximum absolute atomic E-state index is 12.8. The highest BCUT2D eigenvalue weighted by atomic mass is 16.5. The van der Waals surface area contributed by atoms with Crippen molar-refractivity contribution in [2.24, 2.45) is 0 Å². The number of aromatic amines is 2. The van der Waals surface area contributed by atoms with Gasteiger partial charge in [0, 0.05) is 12.6 Å². The average molecular weight is 329 g/mol. The second kappa shape index (κ2) is 6.74. The van der Waals surface area contributed by atoms with Gasteiger partial charge < -0.3 is 14.6 Å². The van der Waals surface area contributed by atoms with Gasteiger partial charge in [0.2, 0.25) is 0 Å². The summed E-state index contributed by atoms with van der Waals surface area (Å²) in [5.74, 6) is 0.390. The molecule has 2 aromatic rings. The Bertz CT molecular complexity index is 827. The van der Waals surface area contributed by atoms with Crippen molar-refractivity contribution in [2.45, 2.75) is 25.3 Å². The normalized spacial score (nSPS) is 17.5. The highest BCUT2D eigenvalue weighted by Crippen LogP contribution is 2.33. The quantitative estimate of drug-likeness (QED) is 0.891. The van der Waals surface area contributed by atoms with Crippen LogP contribution >= 0.6 is 0 Å². The minimum Gasteiger partial charge on any atom is -0.497 e. The van der Waals surface area contributed by atoms with Crippen molar-refractivity contribution in [3.8, 4) is 5.75 Å². The third-order valence-corrected chi connectivity index (χ3v) is 4.23. The summed E-state index contributed by atoms with van der Waals surface area (Å²) in [5.41, 5.74) is -0.272. The van der Waals surface area contributed by atoms with Crippen LogP contribution in [-0.2, 0) is 0 Å². The van der Waals surface area contributed by atoms with Crippen LogP contribution in [0.25, 0.3) is 0 Å². The summed E-state index contributed by atoms with van der Waals surface area (Å²) in [5, 5.41) is 0. The van der Waals surface area contributed by atoms with Gasteiger partial charge in [-0.3, -0.25) is 14.6 Å². The van der Waals surface area contributed by atoms with Gasteiger partial charge in [-0.25, -0.2) is 4.79 Å². The van der Waals surface area contributed by atoms with Crippen LogP contribution in [0.4, 0.5) is 0 Å². The molecule has 1 saturated heterocycles. The summed E-state index contributed by atoms with van der Waals surface area (Å²) < 4.78 is 5.26. The molecule has 0 aliphatic carbocycles. The Balaban J connectivity index is 1.95. The molecule has 24 heavy (non-hydrogen) atoms. The van der Waals surface area contributed by atoms with Gasteiger partial charge >= 0.3 is 5.69 Å². The predicted molar refractivity (Wildman–Crippen MR) is 88.3 cm³/mol. The summed E-state index contributed by atoms with van der Waals surface area (Å²) in [7, 11) is 1.60. The van der Waals surface area contributed by atoms with E-state index in [0.717, 1.165) is 36.6 Å². The fraction of sp³-hybridized carbons (Fsp3) is 0.353. The van der Waals surface area contributed by atoms with Crippen molar-refractivity contribution in [2.75, 3.05) is 13.7 Å². The summed E-state index contributed by atoms with van der Waals surface area (Å²) in [4.78, 5) is 41.9. The molecule has 2 N–H and O–H groups in total. The molecule has 1 aliphatic rings. The summed E-state index contributed by atoms with van der Waals surface area (Å²) in [6, 6.07) is 8.63. The number of likely N-dealkylation sites (tertiary alicyclic amines) is 1. The first-order valence-electron chi connectivity index (χ1n) is 7.87. The van der Waals surface area contributed by atoms with E-state index in [2.05, 4.69) is 9.97 Å². The number of H-pyrrole nitrogens is 2. The van der Waals surface area contributed by atoms with Gasteiger partial charge in [-0.05, 0) is 37.0 Å². The Kier molecular flexibility index (Phi) is 4.50. The predicted octanol–water partition coefficient (Wildman–Crippen LogP) is 1.44. The Morgan fingerprint density at radius 3 is 2.79 bits per heavy atom. The molecule has 2 heterocycles. The lowest BCUT2D eigenvalue weighted by Gasteiger charge is -2.36. The zero-order valence-corrected chi connectivity index (χ0v) is 13.4. The first-order chi connectivity index (χ1) is 11.6. The van der Waals surface area contributed by atoms with E-state index in [1.165, 1.54) is 0 Å². The van der Waals surface area contributed by atoms with E-state index in [9.17, 15) is 14.4 Å². The molecule has 1 aliphatic heterocycles. The summed E-state index contributed by atoms with van der Waals surface area (Å²) in [6.07, 6.45) is 2.73. The summed E-state index contributed by atoms with van der Waals surface area (Å²) in [6.45, 7) is 0.579. The molecule has 7 nitrogen and oxygen atoms in total. The number of carbonyl (C=O) groups excluding carboxylic acids is 1. The monoisotopic (exact) mass is 329 g/mol. The molecule has 3 rings (SSSR count). The van der Waals surface area contributed by atoms with Crippen molar-refractivity contribution in [3.05, 3.63) is 62.4 Å². The van der Waals surface area contributed by atoms with Crippen LogP contribution in [0.15, 0.2) is 39.9 Å². The van der Waals surface area contributed by atoms with E-state index in [-0.39, 0.29) is 17.6 Å². The lowest BCUT2D eigenvalue weighted by Crippen LogP contribution is -2.40. The van der Waals surface area contributed by atoms with Crippen molar-refractivity contribution in [1.29, 1.82) is 0 Å². The number of hydrogen-bond donors (Lipinski definition) is 2. The van der Waals surface area contributed by atoms with Gasteiger partial charge in [-0.1, -0.05) is 12.1 Å². The molecule has 0 spiro atoms. The molecule has 1 unspecified atom stereocenters. The molecule has 7 heteroatoms. The van der Waals surface area contributed by atoms with Gasteiger partial charge in [-0.2, -0.15) is 0 Å². The standard InChI is InChI=1S/C17H19N3O4/c1-24-12-6-4-5-11(9-12)14-7-2-3-8-20(14)16(22)13-10-15(21)19-17(23)18-13/h4-6,9-10,14H,2-3,7-8H2,1H3,(H2,18,19,21,23). The molecular weight excluding hydrogens is 310 g/mol. The number of benzene rings is 1. The van der Waals surface area contributed by atoms with Crippen LogP contribution in [-0.4, -0.2) is 34.4 Å². The SMILES string of the molecule is COc1cccc(C2CCCCN2C(=O)c2cc(=O)[nH]c(=O)[nH]2)c1. The van der Waals surface area contributed by atoms with Crippen LogP contribution in [0, 0.1) is 0 Å². The van der Waals surface area contributed by atoms with Crippen molar-refractivity contribution >= 4 is 5.91 Å². The third kappa shape index (κ3) is 3.24. The van der Waals surface area contributed by atoms with E-state index in [4.69, 9.17) is 4.74 Å². The van der Waals surface area contributed by atoms with Crippen LogP contribution in [0.1, 0.15) is 41.4 Å². The first-order valence-corrected chi connectivity index (χ1v) is 7.87. The zero-order chi connectivity index (χ0) is 17.1. The minimum atomic E-state index is -0.680. The lowest BCUT2D eigenvalue weighted by molar-refractivity contribution is 0.0604. The van der Waals surface area contributed by atoms with E-state index in [0.29, 0.717) is 6.54 Å². The number of carbonyl (C=O) groups is 1. The number of nitrogens with one attached hydrogen (secondary N) is 2. The molecule has 1 atom stereocenters. The van der Waals surface area contributed by atoms with Crippen molar-refractivity contribution < 1.29 is 9.53 Å². The highest BCUT2D eigenvalue weighted by molar-refractivity contribution is 5.92. The molecule has 1 aromatic carbocycles. The zero-order valence-electron chi connectivity index (χ0n) is 13.4. The fourth-order valence-corrected chi connectivity index (χ4v) is 3.11. The van der Waals surface area contributed by atoms with Crippen molar-refractivity contribution in [1.82, 2.24) is 14.9 Å². The number of ether oxygens (including phenoxy) is 1. The summed E-state index contributed by atoms with van der Waals surface area (Å²) >= 11 is 0. The van der Waals surface area contributed by atoms with Gasteiger partial charge in [-0.15, -0.1) is 0 Å². The van der Waals surface area contributed by atoms with Crippen molar-refractivity contribution in [3.63, 3.8) is 0 Å². The Hall–Kier alpha value is -2.83. The molecule has 126 valence electrons. The molecular formula is C17H19N3O4. The topological polar surface area (TPSA) is 95.3 Å². The van der Waals surface area contributed by atoms with E-state index >= 15 is 0 Å². The molecule has 1 aromatic heterocycles. The van der Waals surface area contributed by atoms with E-state index in [1.54, 1.807) is 12.0 Å². The maximum atomic E-state index is 12.8. The van der Waals surface area contributed by atoms with Crippen LogP contribution in [0.5, 0.6) is 5.75 Å². The average Bonchev–Trinajstić information content (AvgIpc) is 2.60. The molecule has 0 radical (unpaired) electrons. The number of aromatic nitrogens is 2. The minimum absolute atomic E-state index is 0.0125. The fourth-order valence-electron chi connectivity index (χ4n) is 3.11.